The summed E-state index contributed by atoms with van der Waals surface area (Å²) < 4.78 is 22.5. The van der Waals surface area contributed by atoms with Gasteiger partial charge in [0.15, 0.2) is 9.84 Å². The van der Waals surface area contributed by atoms with Crippen molar-refractivity contribution < 1.29 is 13.2 Å². The molecule has 0 aliphatic carbocycles. The third-order valence-electron chi connectivity index (χ3n) is 2.96. The van der Waals surface area contributed by atoms with Gasteiger partial charge >= 0.3 is 0 Å². The van der Waals surface area contributed by atoms with Gasteiger partial charge in [0.1, 0.15) is 0 Å². The monoisotopic (exact) mass is 287 g/mol. The second kappa shape index (κ2) is 5.28. The molecular formula is C12H14ClNO3S. The summed E-state index contributed by atoms with van der Waals surface area (Å²) >= 11 is 5.83. The lowest BCUT2D eigenvalue weighted by Crippen LogP contribution is -2.30. The Hall–Kier alpha value is -1.07. The van der Waals surface area contributed by atoms with Gasteiger partial charge in [-0.1, -0.05) is 23.7 Å². The minimum absolute atomic E-state index is 0.0334. The van der Waals surface area contributed by atoms with Crippen LogP contribution in [0.2, 0.25) is 5.02 Å². The fourth-order valence-electron chi connectivity index (χ4n) is 1.98. The maximum Gasteiger partial charge on any atom is 0.224 e. The number of hydrogen-bond donors (Lipinski definition) is 1. The van der Waals surface area contributed by atoms with Crippen molar-refractivity contribution in [3.63, 3.8) is 0 Å². The lowest BCUT2D eigenvalue weighted by molar-refractivity contribution is -0.124. The first kappa shape index (κ1) is 13.4. The van der Waals surface area contributed by atoms with Crippen LogP contribution < -0.4 is 5.32 Å². The van der Waals surface area contributed by atoms with Gasteiger partial charge in [-0.25, -0.2) is 8.42 Å². The van der Waals surface area contributed by atoms with Crippen LogP contribution in [-0.4, -0.2) is 25.8 Å². The molecule has 6 heteroatoms. The highest BCUT2D eigenvalue weighted by Gasteiger charge is 2.32. The smallest absolute Gasteiger partial charge is 0.224 e. The van der Waals surface area contributed by atoms with Gasteiger partial charge in [-0.2, -0.15) is 0 Å². The summed E-state index contributed by atoms with van der Waals surface area (Å²) in [6.07, 6.45) is 0.420. The molecule has 1 aliphatic heterocycles. The highest BCUT2D eigenvalue weighted by Crippen LogP contribution is 2.18. The van der Waals surface area contributed by atoms with Crippen LogP contribution in [0.1, 0.15) is 12.0 Å². The van der Waals surface area contributed by atoms with Crippen LogP contribution in [0.15, 0.2) is 24.3 Å². The average Bonchev–Trinajstić information content (AvgIpc) is 2.67. The Morgan fingerprint density at radius 2 is 2.22 bits per heavy atom. The predicted molar refractivity (Wildman–Crippen MR) is 70.1 cm³/mol. The Bertz CT molecular complexity index is 556. The minimum Gasteiger partial charge on any atom is -0.352 e. The van der Waals surface area contributed by atoms with E-state index in [1.165, 1.54) is 0 Å². The Morgan fingerprint density at radius 1 is 1.44 bits per heavy atom. The second-order valence-corrected chi connectivity index (χ2v) is 7.11. The zero-order valence-electron chi connectivity index (χ0n) is 9.73. The van der Waals surface area contributed by atoms with Crippen LogP contribution in [0.3, 0.4) is 0 Å². The number of rotatable bonds is 3. The molecule has 1 N–H and O–H groups in total. The number of carbonyl (C=O) groups excluding carboxylic acids is 1. The van der Waals surface area contributed by atoms with E-state index >= 15 is 0 Å². The van der Waals surface area contributed by atoms with E-state index in [0.717, 1.165) is 5.56 Å². The average molecular weight is 288 g/mol. The number of hydrogen-bond acceptors (Lipinski definition) is 3. The molecule has 0 unspecified atom stereocenters. The molecule has 18 heavy (non-hydrogen) atoms. The van der Waals surface area contributed by atoms with Crippen molar-refractivity contribution in [3.8, 4) is 0 Å². The molecule has 1 heterocycles. The quantitative estimate of drug-likeness (QED) is 0.914. The highest BCUT2D eigenvalue weighted by atomic mass is 35.5. The lowest BCUT2D eigenvalue weighted by atomic mass is 10.1. The SMILES string of the molecule is O=C(NCc1cccc(Cl)c1)[C@@H]1CCS(=O)(=O)C1. The summed E-state index contributed by atoms with van der Waals surface area (Å²) in [6.45, 7) is 0.371. The summed E-state index contributed by atoms with van der Waals surface area (Å²) in [7, 11) is -3.01. The van der Waals surface area contributed by atoms with E-state index in [-0.39, 0.29) is 17.4 Å². The summed E-state index contributed by atoms with van der Waals surface area (Å²) in [4.78, 5) is 11.8. The van der Waals surface area contributed by atoms with Gasteiger partial charge in [0, 0.05) is 11.6 Å². The lowest BCUT2D eigenvalue weighted by Gasteiger charge is -2.09. The van der Waals surface area contributed by atoms with Crippen molar-refractivity contribution >= 4 is 27.3 Å². The van der Waals surface area contributed by atoms with Crippen LogP contribution in [0.5, 0.6) is 0 Å². The molecule has 98 valence electrons. The van der Waals surface area contributed by atoms with Crippen LogP contribution in [-0.2, 0) is 21.2 Å². The number of carbonyl (C=O) groups is 1. The summed E-state index contributed by atoms with van der Waals surface area (Å²) in [5.74, 6) is -0.526. The molecule has 1 atom stereocenters. The first-order valence-corrected chi connectivity index (χ1v) is 7.89. The molecule has 0 spiro atoms. The van der Waals surface area contributed by atoms with Crippen LogP contribution >= 0.6 is 11.6 Å². The van der Waals surface area contributed by atoms with Crippen LogP contribution in [0.4, 0.5) is 0 Å². The van der Waals surface area contributed by atoms with E-state index in [2.05, 4.69) is 5.32 Å². The van der Waals surface area contributed by atoms with E-state index in [0.29, 0.717) is 18.0 Å². The van der Waals surface area contributed by atoms with Gasteiger partial charge in [-0.3, -0.25) is 4.79 Å². The number of benzene rings is 1. The topological polar surface area (TPSA) is 63.2 Å². The Morgan fingerprint density at radius 3 is 2.83 bits per heavy atom. The van der Waals surface area contributed by atoms with Gasteiger partial charge in [0.25, 0.3) is 0 Å². The van der Waals surface area contributed by atoms with Gasteiger partial charge in [-0.15, -0.1) is 0 Å². The molecule has 2 rings (SSSR count). The van der Waals surface area contributed by atoms with Crippen LogP contribution in [0, 0.1) is 5.92 Å². The summed E-state index contributed by atoms with van der Waals surface area (Å²) in [6, 6.07) is 7.20. The number of amides is 1. The van der Waals surface area contributed by atoms with Gasteiger partial charge in [0.05, 0.1) is 17.4 Å². The first-order valence-electron chi connectivity index (χ1n) is 5.69. The molecular weight excluding hydrogens is 274 g/mol. The summed E-state index contributed by atoms with van der Waals surface area (Å²) in [5.41, 5.74) is 0.900. The maximum absolute atomic E-state index is 11.8. The minimum atomic E-state index is -3.01. The Balaban J connectivity index is 1.89. The van der Waals surface area contributed by atoms with E-state index in [1.807, 2.05) is 12.1 Å². The van der Waals surface area contributed by atoms with Crippen molar-refractivity contribution in [2.24, 2.45) is 5.92 Å². The zero-order chi connectivity index (χ0) is 13.2. The summed E-state index contributed by atoms with van der Waals surface area (Å²) in [5, 5.41) is 3.36. The van der Waals surface area contributed by atoms with E-state index < -0.39 is 15.8 Å². The van der Waals surface area contributed by atoms with Crippen molar-refractivity contribution in [1.29, 1.82) is 0 Å². The Kier molecular flexibility index (Phi) is 3.92. The van der Waals surface area contributed by atoms with Gasteiger partial charge in [0.2, 0.25) is 5.91 Å². The molecule has 0 bridgehead atoms. The van der Waals surface area contributed by atoms with E-state index in [1.54, 1.807) is 12.1 Å². The van der Waals surface area contributed by atoms with E-state index in [4.69, 9.17) is 11.6 Å². The molecule has 0 aromatic heterocycles. The van der Waals surface area contributed by atoms with Crippen molar-refractivity contribution in [2.45, 2.75) is 13.0 Å². The largest absolute Gasteiger partial charge is 0.352 e. The molecule has 1 amide bonds. The molecule has 1 saturated heterocycles. The normalized spacial score (nSPS) is 21.7. The molecule has 1 fully saturated rings. The molecule has 1 aromatic rings. The number of nitrogens with one attached hydrogen (secondary N) is 1. The fourth-order valence-corrected chi connectivity index (χ4v) is 3.94. The van der Waals surface area contributed by atoms with Crippen molar-refractivity contribution in [1.82, 2.24) is 5.32 Å². The van der Waals surface area contributed by atoms with Gasteiger partial charge in [-0.05, 0) is 24.1 Å². The number of sulfone groups is 1. The predicted octanol–water partition coefficient (Wildman–Crippen LogP) is 1.39. The third kappa shape index (κ3) is 3.46. The molecule has 0 radical (unpaired) electrons. The van der Waals surface area contributed by atoms with E-state index in [9.17, 15) is 13.2 Å². The van der Waals surface area contributed by atoms with Crippen LogP contribution in [0.25, 0.3) is 0 Å². The second-order valence-electron chi connectivity index (χ2n) is 4.45. The Labute approximate surface area is 111 Å². The third-order valence-corrected chi connectivity index (χ3v) is 4.96. The van der Waals surface area contributed by atoms with Crippen molar-refractivity contribution in [2.75, 3.05) is 11.5 Å². The molecule has 1 aliphatic rings. The standard InChI is InChI=1S/C12H14ClNO3S/c13-11-3-1-2-9(6-11)7-14-12(15)10-4-5-18(16,17)8-10/h1-3,6,10H,4-5,7-8H2,(H,14,15)/t10-/m1/s1. The van der Waals surface area contributed by atoms with Crippen molar-refractivity contribution in [3.05, 3.63) is 34.9 Å². The molecule has 0 saturated carbocycles. The first-order chi connectivity index (χ1) is 8.46. The molecule has 4 nitrogen and oxygen atoms in total. The highest BCUT2D eigenvalue weighted by molar-refractivity contribution is 7.91. The maximum atomic E-state index is 11.8. The molecule has 1 aromatic carbocycles. The van der Waals surface area contributed by atoms with Gasteiger partial charge < -0.3 is 5.32 Å². The fraction of sp³-hybridized carbons (Fsp3) is 0.417. The zero-order valence-corrected chi connectivity index (χ0v) is 11.3. The number of halogens is 1.